The second kappa shape index (κ2) is 7.65. The van der Waals surface area contributed by atoms with Gasteiger partial charge in [0.05, 0.1) is 9.90 Å². The highest BCUT2D eigenvalue weighted by atomic mass is 35.5. The molecule has 7 nitrogen and oxygen atoms in total. The van der Waals surface area contributed by atoms with Gasteiger partial charge in [0, 0.05) is 19.0 Å². The van der Waals surface area contributed by atoms with Gasteiger partial charge in [0.15, 0.2) is 0 Å². The number of piperidine rings is 1. The Morgan fingerprint density at radius 3 is 2.50 bits per heavy atom. The summed E-state index contributed by atoms with van der Waals surface area (Å²) in [5.74, 6) is -1.15. The van der Waals surface area contributed by atoms with Crippen molar-refractivity contribution < 1.29 is 18.0 Å². The Morgan fingerprint density at radius 1 is 1.23 bits per heavy atom. The number of primary amides is 1. The van der Waals surface area contributed by atoms with Gasteiger partial charge in [-0.1, -0.05) is 11.6 Å². The molecule has 0 aliphatic carbocycles. The van der Waals surface area contributed by atoms with Crippen molar-refractivity contribution in [3.05, 3.63) is 33.5 Å². The number of carbonyl (C=O) groups excluding carboxylic acids is 2. The van der Waals surface area contributed by atoms with Crippen LogP contribution in [0.3, 0.4) is 0 Å². The van der Waals surface area contributed by atoms with Gasteiger partial charge in [-0.15, -0.1) is 22.7 Å². The maximum atomic E-state index is 12.6. The lowest BCUT2D eigenvalue weighted by Crippen LogP contribution is -2.41. The highest BCUT2D eigenvalue weighted by molar-refractivity contribution is 7.91. The molecule has 0 radical (unpaired) electrons. The highest BCUT2D eigenvalue weighted by Gasteiger charge is 2.33. The first-order valence-electron chi connectivity index (χ1n) is 7.72. The Bertz CT molecular complexity index is 930. The Labute approximate surface area is 163 Å². The number of anilines is 1. The second-order valence-electron chi connectivity index (χ2n) is 5.75. The SMILES string of the molecule is NC(=O)c1ccsc1NC(=O)C1CCN(S(=O)(=O)c2ccc(Cl)s2)CC1. The van der Waals surface area contributed by atoms with Crippen molar-refractivity contribution >= 4 is 61.1 Å². The standard InChI is InChI=1S/C15H16ClN3O4S3/c16-11-1-2-12(25-11)26(22,23)19-6-3-9(4-7-19)14(21)18-15-10(13(17)20)5-8-24-15/h1-2,5,8-9H,3-4,6-7H2,(H2,17,20)(H,18,21). The predicted octanol–water partition coefficient (Wildman–Crippen LogP) is 2.60. The van der Waals surface area contributed by atoms with Crippen molar-refractivity contribution in [2.45, 2.75) is 17.1 Å². The zero-order chi connectivity index (χ0) is 18.9. The molecule has 3 N–H and O–H groups in total. The Balaban J connectivity index is 1.62. The molecule has 1 aliphatic rings. The first-order chi connectivity index (χ1) is 12.3. The van der Waals surface area contributed by atoms with E-state index in [1.807, 2.05) is 0 Å². The number of rotatable bonds is 5. The molecule has 140 valence electrons. The normalized spacial score (nSPS) is 16.5. The Morgan fingerprint density at radius 2 is 1.92 bits per heavy atom. The summed E-state index contributed by atoms with van der Waals surface area (Å²) in [4.78, 5) is 23.8. The van der Waals surface area contributed by atoms with E-state index < -0.39 is 15.9 Å². The van der Waals surface area contributed by atoms with Gasteiger partial charge < -0.3 is 11.1 Å². The van der Waals surface area contributed by atoms with Crippen LogP contribution in [0.1, 0.15) is 23.2 Å². The summed E-state index contributed by atoms with van der Waals surface area (Å²) in [6, 6.07) is 4.60. The van der Waals surface area contributed by atoms with Crippen molar-refractivity contribution in [1.82, 2.24) is 4.31 Å². The van der Waals surface area contributed by atoms with E-state index in [0.29, 0.717) is 22.2 Å². The molecule has 11 heteroatoms. The number of hydrogen-bond donors (Lipinski definition) is 2. The molecule has 3 heterocycles. The molecule has 1 fully saturated rings. The van der Waals surface area contributed by atoms with E-state index in [2.05, 4.69) is 5.32 Å². The number of amides is 2. The van der Waals surface area contributed by atoms with Crippen LogP contribution in [0.5, 0.6) is 0 Å². The molecule has 2 aromatic heterocycles. The zero-order valence-corrected chi connectivity index (χ0v) is 16.7. The van der Waals surface area contributed by atoms with Crippen LogP contribution in [0.4, 0.5) is 5.00 Å². The molecule has 2 amide bonds. The van der Waals surface area contributed by atoms with Crippen molar-refractivity contribution in [1.29, 1.82) is 0 Å². The van der Waals surface area contributed by atoms with E-state index >= 15 is 0 Å². The van der Waals surface area contributed by atoms with Gasteiger partial charge in [0.25, 0.3) is 15.9 Å². The van der Waals surface area contributed by atoms with Crippen molar-refractivity contribution in [3.63, 3.8) is 0 Å². The van der Waals surface area contributed by atoms with Crippen LogP contribution >= 0.6 is 34.3 Å². The molecule has 0 bridgehead atoms. The fourth-order valence-electron chi connectivity index (χ4n) is 2.74. The fourth-order valence-corrected chi connectivity index (χ4v) is 6.64. The van der Waals surface area contributed by atoms with Crippen LogP contribution in [0.2, 0.25) is 4.34 Å². The summed E-state index contributed by atoms with van der Waals surface area (Å²) in [5.41, 5.74) is 5.55. The molecular weight excluding hydrogens is 418 g/mol. The summed E-state index contributed by atoms with van der Waals surface area (Å²) < 4.78 is 27.2. The highest BCUT2D eigenvalue weighted by Crippen LogP contribution is 2.31. The number of nitrogens with two attached hydrogens (primary N) is 1. The van der Waals surface area contributed by atoms with Gasteiger partial charge in [-0.05, 0) is 36.4 Å². The number of carbonyl (C=O) groups is 2. The van der Waals surface area contributed by atoms with Crippen LogP contribution in [-0.4, -0.2) is 37.6 Å². The van der Waals surface area contributed by atoms with E-state index in [1.165, 1.54) is 21.7 Å². The van der Waals surface area contributed by atoms with Gasteiger partial charge in [-0.2, -0.15) is 4.31 Å². The lowest BCUT2D eigenvalue weighted by Gasteiger charge is -2.30. The quantitative estimate of drug-likeness (QED) is 0.755. The summed E-state index contributed by atoms with van der Waals surface area (Å²) in [7, 11) is -3.58. The van der Waals surface area contributed by atoms with Gasteiger partial charge in [0.1, 0.15) is 9.21 Å². The van der Waals surface area contributed by atoms with Crippen molar-refractivity contribution in [3.8, 4) is 0 Å². The number of thiophene rings is 2. The monoisotopic (exact) mass is 433 g/mol. The van der Waals surface area contributed by atoms with Gasteiger partial charge in [0.2, 0.25) is 5.91 Å². The minimum atomic E-state index is -3.58. The van der Waals surface area contributed by atoms with Crippen molar-refractivity contribution in [2.75, 3.05) is 18.4 Å². The zero-order valence-electron chi connectivity index (χ0n) is 13.5. The second-order valence-corrected chi connectivity index (χ2v) is 10.5. The van der Waals surface area contributed by atoms with Crippen LogP contribution in [0.25, 0.3) is 0 Å². The van der Waals surface area contributed by atoms with Gasteiger partial charge in [-0.25, -0.2) is 8.42 Å². The molecule has 0 unspecified atom stereocenters. The molecular formula is C15H16ClN3O4S3. The molecule has 0 atom stereocenters. The minimum absolute atomic E-state index is 0.204. The van der Waals surface area contributed by atoms with E-state index in [1.54, 1.807) is 17.5 Å². The van der Waals surface area contributed by atoms with Gasteiger partial charge in [-0.3, -0.25) is 9.59 Å². The molecule has 0 saturated carbocycles. The van der Waals surface area contributed by atoms with Crippen LogP contribution in [0, 0.1) is 5.92 Å². The first-order valence-corrected chi connectivity index (χ1v) is 11.2. The third-order valence-corrected chi connectivity index (χ3v) is 8.56. The van der Waals surface area contributed by atoms with E-state index in [4.69, 9.17) is 17.3 Å². The molecule has 26 heavy (non-hydrogen) atoms. The lowest BCUT2D eigenvalue weighted by molar-refractivity contribution is -0.120. The topological polar surface area (TPSA) is 110 Å². The maximum Gasteiger partial charge on any atom is 0.252 e. The number of nitrogens with zero attached hydrogens (tertiary/aromatic N) is 1. The molecule has 3 rings (SSSR count). The molecule has 2 aromatic rings. The number of halogens is 1. The molecule has 1 saturated heterocycles. The average molecular weight is 434 g/mol. The van der Waals surface area contributed by atoms with Crippen LogP contribution in [0.15, 0.2) is 27.8 Å². The summed E-state index contributed by atoms with van der Waals surface area (Å²) >= 11 is 8.06. The largest absolute Gasteiger partial charge is 0.366 e. The summed E-state index contributed by atoms with van der Waals surface area (Å²) in [6.45, 7) is 0.506. The average Bonchev–Trinajstić information content (AvgIpc) is 3.24. The smallest absolute Gasteiger partial charge is 0.252 e. The molecule has 1 aliphatic heterocycles. The maximum absolute atomic E-state index is 12.6. The Kier molecular flexibility index (Phi) is 5.68. The predicted molar refractivity (Wildman–Crippen MR) is 102 cm³/mol. The van der Waals surface area contributed by atoms with Gasteiger partial charge >= 0.3 is 0 Å². The van der Waals surface area contributed by atoms with E-state index in [-0.39, 0.29) is 34.7 Å². The molecule has 0 spiro atoms. The first kappa shape index (κ1) is 19.3. The van der Waals surface area contributed by atoms with Crippen LogP contribution in [-0.2, 0) is 14.8 Å². The Hall–Kier alpha value is -1.46. The summed E-state index contributed by atoms with van der Waals surface area (Å²) in [6.07, 6.45) is 0.808. The fraction of sp³-hybridized carbons (Fsp3) is 0.333. The number of hydrogen-bond acceptors (Lipinski definition) is 6. The lowest BCUT2D eigenvalue weighted by atomic mass is 9.97. The van der Waals surface area contributed by atoms with Crippen LogP contribution < -0.4 is 11.1 Å². The number of sulfonamides is 1. The van der Waals surface area contributed by atoms with E-state index in [9.17, 15) is 18.0 Å². The third-order valence-electron chi connectivity index (χ3n) is 4.13. The van der Waals surface area contributed by atoms with E-state index in [0.717, 1.165) is 11.3 Å². The number of nitrogens with one attached hydrogen (secondary N) is 1. The summed E-state index contributed by atoms with van der Waals surface area (Å²) in [5, 5.41) is 4.83. The molecule has 0 aromatic carbocycles. The minimum Gasteiger partial charge on any atom is -0.366 e. The third kappa shape index (κ3) is 3.94. The van der Waals surface area contributed by atoms with Crippen molar-refractivity contribution in [2.24, 2.45) is 11.7 Å².